The SMILES string of the molecule is CCOc1ccc([C@@H]2CCCN2C(=O)COCCOC)cc1. The topological polar surface area (TPSA) is 48.0 Å². The van der Waals surface area contributed by atoms with Gasteiger partial charge < -0.3 is 19.1 Å². The highest BCUT2D eigenvalue weighted by atomic mass is 16.5. The van der Waals surface area contributed by atoms with Crippen molar-refractivity contribution in [3.63, 3.8) is 0 Å². The first-order valence-corrected chi connectivity index (χ1v) is 7.85. The Balaban J connectivity index is 1.93. The number of benzene rings is 1. The molecule has 1 amide bonds. The van der Waals surface area contributed by atoms with Crippen LogP contribution in [0.2, 0.25) is 0 Å². The number of ether oxygens (including phenoxy) is 3. The molecular weight excluding hydrogens is 282 g/mol. The summed E-state index contributed by atoms with van der Waals surface area (Å²) >= 11 is 0. The lowest BCUT2D eigenvalue weighted by Gasteiger charge is -2.25. The molecule has 1 aromatic carbocycles. The molecule has 0 spiro atoms. The van der Waals surface area contributed by atoms with Crippen molar-refractivity contribution in [2.24, 2.45) is 0 Å². The first-order valence-electron chi connectivity index (χ1n) is 7.85. The lowest BCUT2D eigenvalue weighted by molar-refractivity contribution is -0.137. The van der Waals surface area contributed by atoms with Crippen LogP contribution in [-0.4, -0.2) is 50.9 Å². The quantitative estimate of drug-likeness (QED) is 0.692. The number of hydrogen-bond acceptors (Lipinski definition) is 4. The summed E-state index contributed by atoms with van der Waals surface area (Å²) in [6.45, 7) is 4.50. The highest BCUT2D eigenvalue weighted by Gasteiger charge is 2.29. The van der Waals surface area contributed by atoms with Crippen LogP contribution in [0.5, 0.6) is 5.75 Å². The fourth-order valence-corrected chi connectivity index (χ4v) is 2.75. The monoisotopic (exact) mass is 307 g/mol. The highest BCUT2D eigenvalue weighted by Crippen LogP contribution is 2.32. The Labute approximate surface area is 132 Å². The number of nitrogens with zero attached hydrogens (tertiary/aromatic N) is 1. The third-order valence-corrected chi connectivity index (χ3v) is 3.81. The largest absolute Gasteiger partial charge is 0.494 e. The average Bonchev–Trinajstić information content (AvgIpc) is 3.02. The van der Waals surface area contributed by atoms with Gasteiger partial charge in [0.2, 0.25) is 5.91 Å². The number of likely N-dealkylation sites (tertiary alicyclic amines) is 1. The molecule has 1 aliphatic rings. The molecule has 1 fully saturated rings. The predicted octanol–water partition coefficient (Wildman–Crippen LogP) is 2.41. The summed E-state index contributed by atoms with van der Waals surface area (Å²) < 4.78 is 15.7. The van der Waals surface area contributed by atoms with Crippen molar-refractivity contribution >= 4 is 5.91 Å². The Morgan fingerprint density at radius 3 is 2.73 bits per heavy atom. The normalized spacial score (nSPS) is 17.7. The van der Waals surface area contributed by atoms with Crippen LogP contribution >= 0.6 is 0 Å². The van der Waals surface area contributed by atoms with Crippen LogP contribution in [-0.2, 0) is 14.3 Å². The number of carbonyl (C=O) groups excluding carboxylic acids is 1. The lowest BCUT2D eigenvalue weighted by Crippen LogP contribution is -2.33. The Kier molecular flexibility index (Phi) is 6.68. The predicted molar refractivity (Wildman–Crippen MR) is 84.0 cm³/mol. The minimum Gasteiger partial charge on any atom is -0.494 e. The maximum absolute atomic E-state index is 12.3. The number of amides is 1. The zero-order valence-corrected chi connectivity index (χ0v) is 13.4. The van der Waals surface area contributed by atoms with E-state index < -0.39 is 0 Å². The van der Waals surface area contributed by atoms with E-state index in [1.54, 1.807) is 7.11 Å². The van der Waals surface area contributed by atoms with Gasteiger partial charge in [0.25, 0.3) is 0 Å². The van der Waals surface area contributed by atoms with Crippen molar-refractivity contribution in [2.45, 2.75) is 25.8 Å². The summed E-state index contributed by atoms with van der Waals surface area (Å²) in [6, 6.07) is 8.18. The van der Waals surface area contributed by atoms with Gasteiger partial charge in [-0.1, -0.05) is 12.1 Å². The number of carbonyl (C=O) groups is 1. The molecule has 5 nitrogen and oxygen atoms in total. The van der Waals surface area contributed by atoms with Crippen LogP contribution in [0, 0.1) is 0 Å². The van der Waals surface area contributed by atoms with Crippen molar-refractivity contribution in [2.75, 3.05) is 40.1 Å². The molecule has 0 N–H and O–H groups in total. The molecule has 22 heavy (non-hydrogen) atoms. The Morgan fingerprint density at radius 2 is 2.05 bits per heavy atom. The Bertz CT molecular complexity index is 460. The van der Waals surface area contributed by atoms with Crippen LogP contribution in [0.1, 0.15) is 31.4 Å². The second-order valence-corrected chi connectivity index (χ2v) is 5.29. The van der Waals surface area contributed by atoms with Gasteiger partial charge in [-0.25, -0.2) is 0 Å². The van der Waals surface area contributed by atoms with E-state index >= 15 is 0 Å². The fourth-order valence-electron chi connectivity index (χ4n) is 2.75. The van der Waals surface area contributed by atoms with E-state index in [1.807, 2.05) is 36.1 Å². The van der Waals surface area contributed by atoms with Crippen LogP contribution in [0.25, 0.3) is 0 Å². The van der Waals surface area contributed by atoms with Crippen molar-refractivity contribution in [1.82, 2.24) is 4.90 Å². The molecule has 0 aromatic heterocycles. The minimum atomic E-state index is 0.0486. The van der Waals surface area contributed by atoms with E-state index in [9.17, 15) is 4.79 Å². The van der Waals surface area contributed by atoms with E-state index in [0.29, 0.717) is 19.8 Å². The molecule has 0 saturated carbocycles. The Morgan fingerprint density at radius 1 is 1.27 bits per heavy atom. The zero-order valence-electron chi connectivity index (χ0n) is 13.4. The molecule has 0 bridgehead atoms. The molecule has 0 radical (unpaired) electrons. The molecular formula is C17H25NO4. The van der Waals surface area contributed by atoms with E-state index in [2.05, 4.69) is 0 Å². The van der Waals surface area contributed by atoms with Gasteiger partial charge in [0.15, 0.2) is 0 Å². The van der Waals surface area contributed by atoms with Crippen LogP contribution in [0.3, 0.4) is 0 Å². The van der Waals surface area contributed by atoms with Crippen LogP contribution in [0.4, 0.5) is 0 Å². The average molecular weight is 307 g/mol. The summed E-state index contributed by atoms with van der Waals surface area (Å²) in [6.07, 6.45) is 2.03. The van der Waals surface area contributed by atoms with Gasteiger partial charge in [0.05, 0.1) is 25.9 Å². The van der Waals surface area contributed by atoms with E-state index in [1.165, 1.54) is 0 Å². The van der Waals surface area contributed by atoms with Gasteiger partial charge in [0.1, 0.15) is 12.4 Å². The zero-order chi connectivity index (χ0) is 15.8. The number of hydrogen-bond donors (Lipinski definition) is 0. The molecule has 0 unspecified atom stereocenters. The van der Waals surface area contributed by atoms with Gasteiger partial charge in [-0.05, 0) is 37.5 Å². The maximum atomic E-state index is 12.3. The van der Waals surface area contributed by atoms with Crippen LogP contribution in [0.15, 0.2) is 24.3 Å². The van der Waals surface area contributed by atoms with Gasteiger partial charge in [-0.2, -0.15) is 0 Å². The van der Waals surface area contributed by atoms with Gasteiger partial charge in [-0.15, -0.1) is 0 Å². The summed E-state index contributed by atoms with van der Waals surface area (Å²) in [5, 5.41) is 0. The third-order valence-electron chi connectivity index (χ3n) is 3.81. The molecule has 122 valence electrons. The van der Waals surface area contributed by atoms with Crippen molar-refractivity contribution in [3.8, 4) is 5.75 Å². The second-order valence-electron chi connectivity index (χ2n) is 5.29. The second kappa shape index (κ2) is 8.76. The summed E-state index contributed by atoms with van der Waals surface area (Å²) in [4.78, 5) is 14.2. The van der Waals surface area contributed by atoms with Gasteiger partial charge in [0, 0.05) is 13.7 Å². The lowest BCUT2D eigenvalue weighted by atomic mass is 10.0. The molecule has 1 aromatic rings. The van der Waals surface area contributed by atoms with Gasteiger partial charge >= 0.3 is 0 Å². The highest BCUT2D eigenvalue weighted by molar-refractivity contribution is 5.78. The smallest absolute Gasteiger partial charge is 0.249 e. The van der Waals surface area contributed by atoms with E-state index in [4.69, 9.17) is 14.2 Å². The number of rotatable bonds is 8. The Hall–Kier alpha value is -1.59. The molecule has 1 heterocycles. The van der Waals surface area contributed by atoms with E-state index in [0.717, 1.165) is 30.7 Å². The maximum Gasteiger partial charge on any atom is 0.249 e. The van der Waals surface area contributed by atoms with Gasteiger partial charge in [-0.3, -0.25) is 4.79 Å². The molecule has 1 aliphatic heterocycles. The molecule has 5 heteroatoms. The third kappa shape index (κ3) is 4.45. The van der Waals surface area contributed by atoms with Crippen LogP contribution < -0.4 is 4.74 Å². The first kappa shape index (κ1) is 16.8. The van der Waals surface area contributed by atoms with Crippen molar-refractivity contribution in [1.29, 1.82) is 0 Å². The fraction of sp³-hybridized carbons (Fsp3) is 0.588. The first-order chi connectivity index (χ1) is 10.8. The van der Waals surface area contributed by atoms with E-state index in [-0.39, 0.29) is 18.6 Å². The summed E-state index contributed by atoms with van der Waals surface area (Å²) in [5.41, 5.74) is 1.16. The van der Waals surface area contributed by atoms with Crippen molar-refractivity contribution in [3.05, 3.63) is 29.8 Å². The number of methoxy groups -OCH3 is 1. The summed E-state index contributed by atoms with van der Waals surface area (Å²) in [7, 11) is 1.62. The minimum absolute atomic E-state index is 0.0486. The van der Waals surface area contributed by atoms with Crippen molar-refractivity contribution < 1.29 is 19.0 Å². The molecule has 1 saturated heterocycles. The molecule has 2 rings (SSSR count). The standard InChI is InChI=1S/C17H25NO4/c1-3-22-15-8-6-14(7-9-15)16-5-4-10-18(16)17(19)13-21-12-11-20-2/h6-9,16H,3-5,10-13H2,1-2H3/t16-/m0/s1. The molecule has 1 atom stereocenters. The summed E-state index contributed by atoms with van der Waals surface area (Å²) in [5.74, 6) is 0.914. The molecule has 0 aliphatic carbocycles.